The fourth-order valence-corrected chi connectivity index (χ4v) is 1.32. The summed E-state index contributed by atoms with van der Waals surface area (Å²) >= 11 is 6.15. The molecule has 1 aliphatic rings. The van der Waals surface area contributed by atoms with Crippen LogP contribution in [0.3, 0.4) is 0 Å². The van der Waals surface area contributed by atoms with Crippen LogP contribution in [0.15, 0.2) is 24.4 Å². The van der Waals surface area contributed by atoms with Gasteiger partial charge in [-0.3, -0.25) is 4.98 Å². The molecule has 0 bridgehead atoms. The Morgan fingerprint density at radius 3 is 2.73 bits per heavy atom. The lowest BCUT2D eigenvalue weighted by Crippen LogP contribution is -2.42. The van der Waals surface area contributed by atoms with Crippen LogP contribution in [-0.4, -0.2) is 18.2 Å². The zero-order valence-corrected chi connectivity index (χ0v) is 6.71. The molecule has 0 radical (unpaired) electrons. The third-order valence-corrected chi connectivity index (χ3v) is 2.20. The molecule has 1 aromatic rings. The van der Waals surface area contributed by atoms with E-state index in [2.05, 4.69) is 4.98 Å². The maximum absolute atomic E-state index is 6.15. The summed E-state index contributed by atoms with van der Waals surface area (Å²) in [7, 11) is 0. The lowest BCUT2D eigenvalue weighted by atomic mass is 10.0. The van der Waals surface area contributed by atoms with Crippen molar-refractivity contribution in [1.29, 1.82) is 0 Å². The largest absolute Gasteiger partial charge is 0.377 e. The van der Waals surface area contributed by atoms with E-state index in [0.29, 0.717) is 13.2 Å². The molecule has 0 spiro atoms. The average molecular weight is 170 g/mol. The first kappa shape index (κ1) is 7.07. The average Bonchev–Trinajstić information content (AvgIpc) is 2.02. The highest BCUT2D eigenvalue weighted by atomic mass is 35.5. The second-order valence-electron chi connectivity index (χ2n) is 2.67. The maximum Gasteiger partial charge on any atom is 0.133 e. The van der Waals surface area contributed by atoms with Crippen LogP contribution in [0.1, 0.15) is 5.69 Å². The number of hydrogen-bond donors (Lipinski definition) is 0. The Kier molecular flexibility index (Phi) is 1.59. The first-order chi connectivity index (χ1) is 5.31. The highest BCUT2D eigenvalue weighted by Gasteiger charge is 2.39. The Hall–Kier alpha value is -0.600. The first-order valence-electron chi connectivity index (χ1n) is 3.49. The van der Waals surface area contributed by atoms with E-state index in [1.807, 2.05) is 18.2 Å². The van der Waals surface area contributed by atoms with Crippen molar-refractivity contribution in [2.45, 2.75) is 4.87 Å². The van der Waals surface area contributed by atoms with Gasteiger partial charge in [0.05, 0.1) is 18.9 Å². The Balaban J connectivity index is 2.29. The Labute approximate surface area is 70.2 Å². The first-order valence-corrected chi connectivity index (χ1v) is 3.87. The van der Waals surface area contributed by atoms with E-state index in [4.69, 9.17) is 16.3 Å². The summed E-state index contributed by atoms with van der Waals surface area (Å²) in [4.78, 5) is 3.81. The van der Waals surface area contributed by atoms with Crippen molar-refractivity contribution >= 4 is 11.6 Å². The number of alkyl halides is 1. The number of halogens is 1. The summed E-state index contributed by atoms with van der Waals surface area (Å²) in [6.07, 6.45) is 1.75. The number of pyridine rings is 1. The molecule has 0 aliphatic carbocycles. The van der Waals surface area contributed by atoms with Crippen molar-refractivity contribution in [1.82, 2.24) is 4.98 Å². The number of aromatic nitrogens is 1. The van der Waals surface area contributed by atoms with Gasteiger partial charge in [0.25, 0.3) is 0 Å². The summed E-state index contributed by atoms with van der Waals surface area (Å²) in [6, 6.07) is 5.74. The van der Waals surface area contributed by atoms with Crippen LogP contribution in [-0.2, 0) is 9.61 Å². The molecule has 0 unspecified atom stereocenters. The molecule has 0 amide bonds. The zero-order chi connectivity index (χ0) is 7.73. The molecule has 0 N–H and O–H groups in total. The summed E-state index contributed by atoms with van der Waals surface area (Å²) in [5.74, 6) is 0. The van der Waals surface area contributed by atoms with Crippen molar-refractivity contribution in [3.63, 3.8) is 0 Å². The lowest BCUT2D eigenvalue weighted by Gasteiger charge is -2.34. The van der Waals surface area contributed by atoms with E-state index in [1.165, 1.54) is 0 Å². The summed E-state index contributed by atoms with van der Waals surface area (Å²) in [5, 5.41) is 0. The van der Waals surface area contributed by atoms with Gasteiger partial charge in [-0.1, -0.05) is 6.07 Å². The minimum Gasteiger partial charge on any atom is -0.377 e. The summed E-state index contributed by atoms with van der Waals surface area (Å²) in [6.45, 7) is 1.15. The van der Waals surface area contributed by atoms with Gasteiger partial charge in [-0.25, -0.2) is 0 Å². The van der Waals surface area contributed by atoms with Crippen LogP contribution >= 0.6 is 11.6 Å². The van der Waals surface area contributed by atoms with Gasteiger partial charge >= 0.3 is 0 Å². The predicted molar refractivity (Wildman–Crippen MR) is 42.6 cm³/mol. The van der Waals surface area contributed by atoms with Crippen LogP contribution < -0.4 is 0 Å². The fourth-order valence-electron chi connectivity index (χ4n) is 1.06. The molecule has 58 valence electrons. The van der Waals surface area contributed by atoms with E-state index in [0.717, 1.165) is 5.69 Å². The fraction of sp³-hybridized carbons (Fsp3) is 0.375. The van der Waals surface area contributed by atoms with E-state index in [9.17, 15) is 0 Å². The zero-order valence-electron chi connectivity index (χ0n) is 5.96. The monoisotopic (exact) mass is 169 g/mol. The molecule has 0 aromatic carbocycles. The van der Waals surface area contributed by atoms with Crippen molar-refractivity contribution in [3.05, 3.63) is 30.1 Å². The van der Waals surface area contributed by atoms with Crippen molar-refractivity contribution in [3.8, 4) is 0 Å². The van der Waals surface area contributed by atoms with Crippen LogP contribution in [0.4, 0.5) is 0 Å². The topological polar surface area (TPSA) is 22.1 Å². The molecule has 1 aliphatic heterocycles. The number of rotatable bonds is 1. The molecular formula is C8H8ClNO. The number of ether oxygens (including phenoxy) is 1. The Bertz CT molecular complexity index is 246. The lowest BCUT2D eigenvalue weighted by molar-refractivity contribution is -0.0171. The standard InChI is InChI=1S/C8H8ClNO/c9-8(5-11-6-8)7-3-1-2-4-10-7/h1-4H,5-6H2. The molecule has 2 nitrogen and oxygen atoms in total. The predicted octanol–water partition coefficient (Wildman–Crippen LogP) is 1.55. The van der Waals surface area contributed by atoms with Gasteiger partial charge in [0.1, 0.15) is 4.87 Å². The minimum absolute atomic E-state index is 0.346. The van der Waals surface area contributed by atoms with Crippen molar-refractivity contribution in [2.24, 2.45) is 0 Å². The molecule has 3 heteroatoms. The highest BCUT2D eigenvalue weighted by molar-refractivity contribution is 6.24. The molecule has 1 fully saturated rings. The van der Waals surface area contributed by atoms with Gasteiger partial charge in [-0.15, -0.1) is 11.6 Å². The van der Waals surface area contributed by atoms with E-state index >= 15 is 0 Å². The molecule has 1 saturated heterocycles. The maximum atomic E-state index is 6.15. The molecule has 2 heterocycles. The molecule has 1 aromatic heterocycles. The van der Waals surface area contributed by atoms with E-state index in [1.54, 1.807) is 6.20 Å². The second kappa shape index (κ2) is 2.47. The Morgan fingerprint density at radius 1 is 1.45 bits per heavy atom. The molecule has 2 rings (SSSR count). The van der Waals surface area contributed by atoms with Gasteiger partial charge in [-0.2, -0.15) is 0 Å². The quantitative estimate of drug-likeness (QED) is 0.595. The van der Waals surface area contributed by atoms with Gasteiger partial charge in [0.2, 0.25) is 0 Å². The SMILES string of the molecule is ClC1(c2ccccn2)COC1. The van der Waals surface area contributed by atoms with Crippen LogP contribution in [0.25, 0.3) is 0 Å². The smallest absolute Gasteiger partial charge is 0.133 e. The number of nitrogens with zero attached hydrogens (tertiary/aromatic N) is 1. The van der Waals surface area contributed by atoms with Gasteiger partial charge in [0, 0.05) is 6.20 Å². The second-order valence-corrected chi connectivity index (χ2v) is 3.40. The van der Waals surface area contributed by atoms with Gasteiger partial charge in [-0.05, 0) is 12.1 Å². The molecule has 0 saturated carbocycles. The third kappa shape index (κ3) is 1.12. The third-order valence-electron chi connectivity index (χ3n) is 1.79. The minimum atomic E-state index is -0.346. The van der Waals surface area contributed by atoms with E-state index < -0.39 is 0 Å². The molecular weight excluding hydrogens is 162 g/mol. The molecule has 11 heavy (non-hydrogen) atoms. The molecule has 0 atom stereocenters. The van der Waals surface area contributed by atoms with Crippen LogP contribution in [0.2, 0.25) is 0 Å². The number of hydrogen-bond acceptors (Lipinski definition) is 2. The van der Waals surface area contributed by atoms with Gasteiger partial charge < -0.3 is 4.74 Å². The highest BCUT2D eigenvalue weighted by Crippen LogP contribution is 2.34. The van der Waals surface area contributed by atoms with Crippen LogP contribution in [0.5, 0.6) is 0 Å². The van der Waals surface area contributed by atoms with Crippen molar-refractivity contribution in [2.75, 3.05) is 13.2 Å². The van der Waals surface area contributed by atoms with Gasteiger partial charge in [0.15, 0.2) is 0 Å². The Morgan fingerprint density at radius 2 is 2.27 bits per heavy atom. The van der Waals surface area contributed by atoms with Crippen molar-refractivity contribution < 1.29 is 4.74 Å². The summed E-state index contributed by atoms with van der Waals surface area (Å²) in [5.41, 5.74) is 0.910. The summed E-state index contributed by atoms with van der Waals surface area (Å²) < 4.78 is 5.02. The van der Waals surface area contributed by atoms with Crippen LogP contribution in [0, 0.1) is 0 Å². The normalized spacial score (nSPS) is 20.8. The van der Waals surface area contributed by atoms with E-state index in [-0.39, 0.29) is 4.87 Å².